The van der Waals surface area contributed by atoms with Crippen molar-refractivity contribution in [3.05, 3.63) is 66.1 Å². The van der Waals surface area contributed by atoms with Crippen LogP contribution in [0.1, 0.15) is 23.1 Å². The van der Waals surface area contributed by atoms with E-state index in [1.807, 2.05) is 25.1 Å². The van der Waals surface area contributed by atoms with Gasteiger partial charge in [0.25, 0.3) is 0 Å². The van der Waals surface area contributed by atoms with Crippen molar-refractivity contribution < 1.29 is 9.53 Å². The summed E-state index contributed by atoms with van der Waals surface area (Å²) in [4.78, 5) is 25.4. The fraction of sp³-hybridized carbons (Fsp3) is 0.296. The maximum Gasteiger partial charge on any atom is 0.319 e. The Morgan fingerprint density at radius 2 is 2.11 bits per heavy atom. The van der Waals surface area contributed by atoms with E-state index >= 15 is 0 Å². The van der Waals surface area contributed by atoms with Gasteiger partial charge in [-0.25, -0.2) is 0 Å². The van der Waals surface area contributed by atoms with E-state index in [1.54, 1.807) is 23.5 Å². The normalized spacial score (nSPS) is 15.9. The maximum absolute atomic E-state index is 12.0. The largest absolute Gasteiger partial charge is 0.458 e. The minimum Gasteiger partial charge on any atom is -0.458 e. The van der Waals surface area contributed by atoms with E-state index < -0.39 is 0 Å². The Kier molecular flexibility index (Phi) is 5.72. The predicted molar refractivity (Wildman–Crippen MR) is 139 cm³/mol. The number of anilines is 1. The molecule has 1 spiro atoms. The number of hydrogen-bond donors (Lipinski definition) is 1. The molecule has 11 heteroatoms. The van der Waals surface area contributed by atoms with Gasteiger partial charge in [0.15, 0.2) is 5.82 Å². The number of nitrogens with one attached hydrogen (secondary N) is 1. The molecule has 0 aliphatic carbocycles. The molecule has 2 aliphatic rings. The zero-order chi connectivity index (χ0) is 26.3. The highest BCUT2D eigenvalue weighted by Crippen LogP contribution is 2.43. The number of aromatic amines is 1. The summed E-state index contributed by atoms with van der Waals surface area (Å²) in [6, 6.07) is 8.29. The standard InChI is InChI=1S/C27H25N9O2/c1-3-22(37)36-15-27(16-36)7-9-35(14-27)25-19(10-28)24(23-17(2)4-5-21-20(23)12-31-34-21)32-26(33-25)38-13-18-6-8-29-30-11-18/h3-6,8,11-12H,1,7,9,13-16H2,2H3,(H,31,34). The number of hydrogen-bond acceptors (Lipinski definition) is 9. The zero-order valence-corrected chi connectivity index (χ0v) is 20.9. The van der Waals surface area contributed by atoms with Crippen LogP contribution < -0.4 is 9.64 Å². The second kappa shape index (κ2) is 9.23. The molecule has 190 valence electrons. The molecule has 38 heavy (non-hydrogen) atoms. The molecule has 2 saturated heterocycles. The van der Waals surface area contributed by atoms with Crippen LogP contribution in [-0.4, -0.2) is 67.3 Å². The number of H-pyrrole nitrogens is 1. The van der Waals surface area contributed by atoms with Gasteiger partial charge in [0, 0.05) is 54.3 Å². The smallest absolute Gasteiger partial charge is 0.319 e. The summed E-state index contributed by atoms with van der Waals surface area (Å²) in [5.41, 5.74) is 4.30. The summed E-state index contributed by atoms with van der Waals surface area (Å²) in [7, 11) is 0. The van der Waals surface area contributed by atoms with Crippen LogP contribution in [0.3, 0.4) is 0 Å². The van der Waals surface area contributed by atoms with Crippen LogP contribution in [-0.2, 0) is 11.4 Å². The van der Waals surface area contributed by atoms with E-state index in [-0.39, 0.29) is 23.9 Å². The Morgan fingerprint density at radius 1 is 1.24 bits per heavy atom. The zero-order valence-electron chi connectivity index (χ0n) is 20.9. The minimum absolute atomic E-state index is 0.0271. The maximum atomic E-state index is 12.0. The lowest BCUT2D eigenvalue weighted by Gasteiger charge is -2.47. The molecule has 1 aromatic carbocycles. The van der Waals surface area contributed by atoms with Gasteiger partial charge in [-0.05, 0) is 37.1 Å². The number of aromatic nitrogens is 6. The quantitative estimate of drug-likeness (QED) is 0.391. The fourth-order valence-corrected chi connectivity index (χ4v) is 5.42. The summed E-state index contributed by atoms with van der Waals surface area (Å²) in [6.45, 7) is 8.51. The predicted octanol–water partition coefficient (Wildman–Crippen LogP) is 2.79. The molecule has 0 atom stereocenters. The molecule has 1 N–H and O–H groups in total. The van der Waals surface area contributed by atoms with Crippen molar-refractivity contribution >= 4 is 22.6 Å². The molecule has 2 fully saturated rings. The summed E-state index contributed by atoms with van der Waals surface area (Å²) in [5, 5.41) is 26.2. The number of ether oxygens (including phenoxy) is 1. The van der Waals surface area contributed by atoms with Crippen LogP contribution in [0.2, 0.25) is 0 Å². The molecule has 4 aromatic rings. The average molecular weight is 508 g/mol. The van der Waals surface area contributed by atoms with E-state index in [1.165, 1.54) is 6.08 Å². The van der Waals surface area contributed by atoms with Crippen LogP contribution in [0, 0.1) is 23.7 Å². The minimum atomic E-state index is -0.0546. The van der Waals surface area contributed by atoms with Gasteiger partial charge in [-0.1, -0.05) is 12.6 Å². The van der Waals surface area contributed by atoms with Crippen LogP contribution in [0.25, 0.3) is 22.2 Å². The third-order valence-electron chi connectivity index (χ3n) is 7.34. The van der Waals surface area contributed by atoms with Gasteiger partial charge >= 0.3 is 6.01 Å². The summed E-state index contributed by atoms with van der Waals surface area (Å²) < 4.78 is 6.03. The first-order valence-electron chi connectivity index (χ1n) is 12.3. The molecule has 0 radical (unpaired) electrons. The number of likely N-dealkylation sites (tertiary alicyclic amines) is 1. The molecule has 5 heterocycles. The van der Waals surface area contributed by atoms with Gasteiger partial charge in [0.2, 0.25) is 5.91 Å². The Hall–Kier alpha value is -4.85. The van der Waals surface area contributed by atoms with Gasteiger partial charge < -0.3 is 14.5 Å². The van der Waals surface area contributed by atoms with Crippen molar-refractivity contribution in [2.24, 2.45) is 5.41 Å². The van der Waals surface area contributed by atoms with Crippen molar-refractivity contribution in [2.45, 2.75) is 20.0 Å². The van der Waals surface area contributed by atoms with Crippen LogP contribution >= 0.6 is 0 Å². The van der Waals surface area contributed by atoms with E-state index in [2.05, 4.69) is 37.9 Å². The number of nitriles is 1. The summed E-state index contributed by atoms with van der Waals surface area (Å²) in [5.74, 6) is 0.478. The van der Waals surface area contributed by atoms with Crippen molar-refractivity contribution in [3.63, 3.8) is 0 Å². The van der Waals surface area contributed by atoms with Crippen LogP contribution in [0.15, 0.2) is 49.4 Å². The first-order valence-corrected chi connectivity index (χ1v) is 12.3. The van der Waals surface area contributed by atoms with Gasteiger partial charge in [-0.3, -0.25) is 9.89 Å². The summed E-state index contributed by atoms with van der Waals surface area (Å²) >= 11 is 0. The third kappa shape index (κ3) is 4.00. The molecule has 2 aliphatic heterocycles. The molecular formula is C27H25N9O2. The average Bonchev–Trinajstić information content (AvgIpc) is 3.58. The van der Waals surface area contributed by atoms with Gasteiger partial charge in [-0.15, -0.1) is 0 Å². The number of aryl methyl sites for hydroxylation is 1. The Morgan fingerprint density at radius 3 is 2.87 bits per heavy atom. The molecule has 0 unspecified atom stereocenters. The highest BCUT2D eigenvalue weighted by molar-refractivity contribution is 5.97. The first kappa shape index (κ1) is 23.5. The fourth-order valence-electron chi connectivity index (χ4n) is 5.42. The lowest BCUT2D eigenvalue weighted by atomic mass is 9.79. The molecule has 1 amide bonds. The Bertz CT molecular complexity index is 1590. The van der Waals surface area contributed by atoms with Crippen LogP contribution in [0.4, 0.5) is 5.82 Å². The Balaban J connectivity index is 1.41. The number of carbonyl (C=O) groups is 1. The molecular weight excluding hydrogens is 482 g/mol. The molecule has 11 nitrogen and oxygen atoms in total. The second-order valence-corrected chi connectivity index (χ2v) is 9.86. The van der Waals surface area contributed by atoms with Crippen molar-refractivity contribution in [1.29, 1.82) is 5.26 Å². The number of fused-ring (bicyclic) bond motifs is 1. The van der Waals surface area contributed by atoms with Gasteiger partial charge in [0.05, 0.1) is 23.6 Å². The number of carbonyl (C=O) groups excluding carboxylic acids is 1. The second-order valence-electron chi connectivity index (χ2n) is 9.86. The summed E-state index contributed by atoms with van der Waals surface area (Å²) in [6.07, 6.45) is 7.21. The van der Waals surface area contributed by atoms with Crippen molar-refractivity contribution in [1.82, 2.24) is 35.3 Å². The monoisotopic (exact) mass is 507 g/mol. The lowest BCUT2D eigenvalue weighted by molar-refractivity contribution is -0.136. The first-order chi connectivity index (χ1) is 18.5. The number of amides is 1. The van der Waals surface area contributed by atoms with E-state index in [0.717, 1.165) is 34.0 Å². The number of benzene rings is 1. The van der Waals surface area contributed by atoms with E-state index in [0.29, 0.717) is 43.3 Å². The molecule has 3 aromatic heterocycles. The molecule has 0 saturated carbocycles. The van der Waals surface area contributed by atoms with Gasteiger partial charge in [0.1, 0.15) is 18.2 Å². The molecule has 6 rings (SSSR count). The van der Waals surface area contributed by atoms with Crippen LogP contribution in [0.5, 0.6) is 6.01 Å². The van der Waals surface area contributed by atoms with E-state index in [4.69, 9.17) is 14.7 Å². The number of nitrogens with zero attached hydrogens (tertiary/aromatic N) is 8. The third-order valence-corrected chi connectivity index (χ3v) is 7.34. The highest BCUT2D eigenvalue weighted by atomic mass is 16.5. The number of rotatable bonds is 6. The molecule has 0 bridgehead atoms. The van der Waals surface area contributed by atoms with Crippen molar-refractivity contribution in [3.8, 4) is 23.3 Å². The van der Waals surface area contributed by atoms with Crippen molar-refractivity contribution in [2.75, 3.05) is 31.1 Å². The topological polar surface area (TPSA) is 137 Å². The van der Waals surface area contributed by atoms with E-state index in [9.17, 15) is 10.1 Å². The lowest BCUT2D eigenvalue weighted by Crippen LogP contribution is -2.59. The Labute approximate surface area is 218 Å². The van der Waals surface area contributed by atoms with Gasteiger partial charge in [-0.2, -0.15) is 30.5 Å². The highest BCUT2D eigenvalue weighted by Gasteiger charge is 2.49. The SMILES string of the molecule is C=CC(=O)N1CC2(CCN(c3nc(OCc4ccnnc4)nc(-c4c(C)ccc5[nH]ncc45)c3C#N)C2)C1.